The number of benzene rings is 2. The fourth-order valence-corrected chi connectivity index (χ4v) is 1.99. The van der Waals surface area contributed by atoms with Crippen molar-refractivity contribution < 1.29 is 14.2 Å². The molecule has 0 amide bonds. The molecule has 2 aromatic carbocycles. The van der Waals surface area contributed by atoms with Crippen molar-refractivity contribution in [1.29, 1.82) is 0 Å². The Morgan fingerprint density at radius 2 is 1.50 bits per heavy atom. The number of halogens is 1. The molecule has 0 saturated carbocycles. The third-order valence-corrected chi connectivity index (χ3v) is 3.07. The highest BCUT2D eigenvalue weighted by Gasteiger charge is 2.06. The average Bonchev–Trinajstić information content (AvgIpc) is 2.52. The van der Waals surface area contributed by atoms with Gasteiger partial charge >= 0.3 is 0 Å². The van der Waals surface area contributed by atoms with Gasteiger partial charge in [-0.3, -0.25) is 0 Å². The summed E-state index contributed by atoms with van der Waals surface area (Å²) in [6.07, 6.45) is 0. The molecular weight excluding hydrogens is 276 g/mol. The topological polar surface area (TPSA) is 27.7 Å². The Hall–Kier alpha value is -1.87. The lowest BCUT2D eigenvalue weighted by Gasteiger charge is -2.10. The molecule has 0 aromatic heterocycles. The zero-order chi connectivity index (χ0) is 14.4. The molecule has 4 heteroatoms. The van der Waals surface area contributed by atoms with Crippen molar-refractivity contribution in [3.8, 4) is 28.4 Å². The molecule has 0 aliphatic heterocycles. The maximum atomic E-state index is 5.59. The molecule has 0 radical (unpaired) electrons. The zero-order valence-electron chi connectivity index (χ0n) is 11.6. The van der Waals surface area contributed by atoms with Crippen LogP contribution in [0.4, 0.5) is 0 Å². The minimum atomic E-state index is 0.484. The number of hydrogen-bond acceptors (Lipinski definition) is 3. The standard InChI is InChI=1S/C16H17ClO3/c1-18-15-8-5-13(11-16(15)19-2)12-3-6-14(7-4-12)20-10-9-17/h3-8,11H,9-10H2,1-2H3. The van der Waals surface area contributed by atoms with E-state index in [1.54, 1.807) is 14.2 Å². The van der Waals surface area contributed by atoms with E-state index >= 15 is 0 Å². The predicted octanol–water partition coefficient (Wildman–Crippen LogP) is 3.99. The van der Waals surface area contributed by atoms with Crippen LogP contribution < -0.4 is 14.2 Å². The van der Waals surface area contributed by atoms with Gasteiger partial charge in [0.25, 0.3) is 0 Å². The molecule has 0 unspecified atom stereocenters. The van der Waals surface area contributed by atoms with E-state index in [2.05, 4.69) is 0 Å². The summed E-state index contributed by atoms with van der Waals surface area (Å²) in [5, 5.41) is 0. The van der Waals surface area contributed by atoms with E-state index in [-0.39, 0.29) is 0 Å². The van der Waals surface area contributed by atoms with E-state index in [4.69, 9.17) is 25.8 Å². The Morgan fingerprint density at radius 3 is 2.10 bits per heavy atom. The molecule has 2 aromatic rings. The van der Waals surface area contributed by atoms with Gasteiger partial charge in [0.05, 0.1) is 20.1 Å². The van der Waals surface area contributed by atoms with Crippen LogP contribution in [0.3, 0.4) is 0 Å². The molecule has 106 valence electrons. The monoisotopic (exact) mass is 292 g/mol. The van der Waals surface area contributed by atoms with E-state index in [0.29, 0.717) is 18.2 Å². The van der Waals surface area contributed by atoms with Crippen LogP contribution in [0.1, 0.15) is 0 Å². The van der Waals surface area contributed by atoms with Gasteiger partial charge in [0.15, 0.2) is 11.5 Å². The van der Waals surface area contributed by atoms with Gasteiger partial charge in [-0.2, -0.15) is 0 Å². The van der Waals surface area contributed by atoms with E-state index in [1.807, 2.05) is 42.5 Å². The van der Waals surface area contributed by atoms with Crippen LogP contribution >= 0.6 is 11.6 Å². The van der Waals surface area contributed by atoms with E-state index in [0.717, 1.165) is 22.6 Å². The summed E-state index contributed by atoms with van der Waals surface area (Å²) in [5.41, 5.74) is 2.15. The second-order valence-corrected chi connectivity index (χ2v) is 4.51. The first-order valence-corrected chi connectivity index (χ1v) is 6.83. The molecule has 0 aliphatic carbocycles. The second kappa shape index (κ2) is 7.06. The largest absolute Gasteiger partial charge is 0.493 e. The normalized spacial score (nSPS) is 10.2. The minimum absolute atomic E-state index is 0.484. The Bertz CT molecular complexity index is 552. The molecule has 0 N–H and O–H groups in total. The third kappa shape index (κ3) is 3.36. The van der Waals surface area contributed by atoms with Crippen LogP contribution in [-0.2, 0) is 0 Å². The number of hydrogen-bond donors (Lipinski definition) is 0. The molecule has 0 heterocycles. The van der Waals surface area contributed by atoms with Crippen molar-refractivity contribution in [3.05, 3.63) is 42.5 Å². The summed E-state index contributed by atoms with van der Waals surface area (Å²) in [4.78, 5) is 0. The molecule has 0 fully saturated rings. The molecule has 0 atom stereocenters. The highest BCUT2D eigenvalue weighted by Crippen LogP contribution is 2.32. The number of methoxy groups -OCH3 is 2. The maximum absolute atomic E-state index is 5.59. The minimum Gasteiger partial charge on any atom is -0.493 e. The first kappa shape index (κ1) is 14.5. The maximum Gasteiger partial charge on any atom is 0.161 e. The lowest BCUT2D eigenvalue weighted by Crippen LogP contribution is -1.97. The highest BCUT2D eigenvalue weighted by atomic mass is 35.5. The van der Waals surface area contributed by atoms with Crippen LogP contribution in [0.5, 0.6) is 17.2 Å². The zero-order valence-corrected chi connectivity index (χ0v) is 12.3. The Morgan fingerprint density at radius 1 is 0.850 bits per heavy atom. The third-order valence-electron chi connectivity index (χ3n) is 2.92. The first-order valence-electron chi connectivity index (χ1n) is 6.29. The number of rotatable bonds is 6. The lowest BCUT2D eigenvalue weighted by atomic mass is 10.1. The Kier molecular flexibility index (Phi) is 5.13. The van der Waals surface area contributed by atoms with Gasteiger partial charge < -0.3 is 14.2 Å². The second-order valence-electron chi connectivity index (χ2n) is 4.13. The van der Waals surface area contributed by atoms with Crippen LogP contribution in [0.15, 0.2) is 42.5 Å². The first-order chi connectivity index (χ1) is 9.78. The molecule has 0 saturated heterocycles. The van der Waals surface area contributed by atoms with Crippen LogP contribution in [0.2, 0.25) is 0 Å². The molecule has 0 spiro atoms. The molecule has 0 bridgehead atoms. The highest BCUT2D eigenvalue weighted by molar-refractivity contribution is 6.18. The van der Waals surface area contributed by atoms with Gasteiger partial charge in [-0.15, -0.1) is 11.6 Å². The van der Waals surface area contributed by atoms with E-state index < -0.39 is 0 Å². The summed E-state index contributed by atoms with van der Waals surface area (Å²) in [6.45, 7) is 0.511. The smallest absolute Gasteiger partial charge is 0.161 e. The van der Waals surface area contributed by atoms with Crippen molar-refractivity contribution in [2.24, 2.45) is 0 Å². The molecule has 3 nitrogen and oxygen atoms in total. The van der Waals surface area contributed by atoms with Crippen LogP contribution in [0, 0.1) is 0 Å². The van der Waals surface area contributed by atoms with Gasteiger partial charge in [-0.05, 0) is 35.4 Å². The van der Waals surface area contributed by atoms with Gasteiger partial charge in [-0.1, -0.05) is 18.2 Å². The predicted molar refractivity (Wildman–Crippen MR) is 81.2 cm³/mol. The number of alkyl halides is 1. The Labute approximate surface area is 124 Å². The van der Waals surface area contributed by atoms with Crippen molar-refractivity contribution in [1.82, 2.24) is 0 Å². The van der Waals surface area contributed by atoms with Gasteiger partial charge in [0.2, 0.25) is 0 Å². The lowest BCUT2D eigenvalue weighted by molar-refractivity contribution is 0.343. The fourth-order valence-electron chi connectivity index (χ4n) is 1.92. The summed E-state index contributed by atoms with van der Waals surface area (Å²) in [6, 6.07) is 13.7. The van der Waals surface area contributed by atoms with Crippen LogP contribution in [0.25, 0.3) is 11.1 Å². The SMILES string of the molecule is COc1ccc(-c2ccc(OCCCl)cc2)cc1OC. The van der Waals surface area contributed by atoms with E-state index in [1.165, 1.54) is 0 Å². The van der Waals surface area contributed by atoms with Gasteiger partial charge in [0, 0.05) is 0 Å². The Balaban J connectivity index is 2.22. The fraction of sp³-hybridized carbons (Fsp3) is 0.250. The molecular formula is C16H17ClO3. The molecule has 20 heavy (non-hydrogen) atoms. The summed E-state index contributed by atoms with van der Waals surface area (Å²) < 4.78 is 16.0. The quantitative estimate of drug-likeness (QED) is 0.754. The van der Waals surface area contributed by atoms with Crippen molar-refractivity contribution >= 4 is 11.6 Å². The summed E-state index contributed by atoms with van der Waals surface area (Å²) in [7, 11) is 3.26. The van der Waals surface area contributed by atoms with Crippen molar-refractivity contribution in [2.45, 2.75) is 0 Å². The molecule has 0 aliphatic rings. The average molecular weight is 293 g/mol. The van der Waals surface area contributed by atoms with Gasteiger partial charge in [0.1, 0.15) is 12.4 Å². The van der Waals surface area contributed by atoms with E-state index in [9.17, 15) is 0 Å². The van der Waals surface area contributed by atoms with Crippen molar-refractivity contribution in [2.75, 3.05) is 26.7 Å². The molecule has 2 rings (SSSR count). The van der Waals surface area contributed by atoms with Crippen molar-refractivity contribution in [3.63, 3.8) is 0 Å². The number of ether oxygens (including phenoxy) is 3. The summed E-state index contributed by atoms with van der Waals surface area (Å²) in [5.74, 6) is 2.73. The van der Waals surface area contributed by atoms with Gasteiger partial charge in [-0.25, -0.2) is 0 Å². The van der Waals surface area contributed by atoms with Crippen LogP contribution in [-0.4, -0.2) is 26.7 Å². The summed E-state index contributed by atoms with van der Waals surface area (Å²) >= 11 is 5.59.